The number of nitrogens with zero attached hydrogens (tertiary/aromatic N) is 2. The van der Waals surface area contributed by atoms with Crippen molar-refractivity contribution >= 4 is 17.6 Å². The zero-order valence-corrected chi connectivity index (χ0v) is 22.7. The SMILES string of the molecule is C=C/C=C(\C=C)C1(c2cc(NC(=O)[C@H](C)NC(=O)Cc3cc(C)cc(F)c3)n[nH]2)CCN(C)CC1.CC. The zero-order valence-electron chi connectivity index (χ0n) is 22.7. The number of benzene rings is 1. The Morgan fingerprint density at radius 1 is 1.22 bits per heavy atom. The van der Waals surface area contributed by atoms with Crippen LogP contribution in [-0.2, 0) is 21.4 Å². The van der Waals surface area contributed by atoms with Crippen LogP contribution in [0.3, 0.4) is 0 Å². The molecule has 0 unspecified atom stereocenters. The number of hydrogen-bond acceptors (Lipinski definition) is 4. The highest BCUT2D eigenvalue weighted by atomic mass is 19.1. The Hall–Kier alpha value is -3.52. The van der Waals surface area contributed by atoms with E-state index in [-0.39, 0.29) is 17.7 Å². The maximum Gasteiger partial charge on any atom is 0.247 e. The van der Waals surface area contributed by atoms with Gasteiger partial charge in [-0.15, -0.1) is 0 Å². The van der Waals surface area contributed by atoms with Crippen LogP contribution in [0.25, 0.3) is 0 Å². The van der Waals surface area contributed by atoms with Crippen LogP contribution < -0.4 is 10.6 Å². The molecule has 1 aliphatic rings. The standard InChI is InChI=1S/C27H34FN5O2.C2H6/c1-6-8-21(7-2)27(9-11-33(5)12-10-27)23-17-24(32-31-23)30-26(35)19(4)29-25(34)16-20-13-18(3)14-22(28)15-20;1-2/h6-8,13-15,17,19H,1-2,9-12,16H2,3-5H3,(H,29,34)(H2,30,31,32,35);1-2H3/b21-8+;/t19-;/m0./s1. The number of nitrogens with one attached hydrogen (secondary N) is 3. The number of carbonyl (C=O) groups is 2. The van der Waals surface area contributed by atoms with E-state index < -0.39 is 17.8 Å². The van der Waals surface area contributed by atoms with Crippen LogP contribution >= 0.6 is 0 Å². The Morgan fingerprint density at radius 2 is 1.89 bits per heavy atom. The summed E-state index contributed by atoms with van der Waals surface area (Å²) in [5.41, 5.74) is 2.93. The van der Waals surface area contributed by atoms with E-state index in [0.717, 1.165) is 42.8 Å². The average molecular weight is 510 g/mol. The summed E-state index contributed by atoms with van der Waals surface area (Å²) in [7, 11) is 2.10. The summed E-state index contributed by atoms with van der Waals surface area (Å²) in [5.74, 6) is -0.768. The molecule has 3 rings (SSSR count). The minimum Gasteiger partial charge on any atom is -0.344 e. The molecular weight excluding hydrogens is 469 g/mol. The first kappa shape index (κ1) is 29.7. The van der Waals surface area contributed by atoms with Gasteiger partial charge in [-0.25, -0.2) is 4.39 Å². The third-order valence-electron chi connectivity index (χ3n) is 6.49. The number of piperidine rings is 1. The van der Waals surface area contributed by atoms with Gasteiger partial charge in [-0.2, -0.15) is 5.10 Å². The molecule has 200 valence electrons. The molecule has 1 saturated heterocycles. The molecule has 1 aliphatic heterocycles. The normalized spacial score (nSPS) is 16.1. The summed E-state index contributed by atoms with van der Waals surface area (Å²) in [5, 5.41) is 12.8. The first-order valence-electron chi connectivity index (χ1n) is 12.7. The van der Waals surface area contributed by atoms with Crippen molar-refractivity contribution in [1.29, 1.82) is 0 Å². The minimum atomic E-state index is -0.793. The van der Waals surface area contributed by atoms with Crippen LogP contribution in [0, 0.1) is 12.7 Å². The number of allylic oxidation sites excluding steroid dienone is 4. The van der Waals surface area contributed by atoms with Crippen LogP contribution in [0.5, 0.6) is 0 Å². The van der Waals surface area contributed by atoms with E-state index in [1.807, 2.05) is 32.1 Å². The maximum atomic E-state index is 13.6. The van der Waals surface area contributed by atoms with Crippen LogP contribution in [0.4, 0.5) is 10.2 Å². The number of hydrogen-bond donors (Lipinski definition) is 3. The maximum absolute atomic E-state index is 13.6. The van der Waals surface area contributed by atoms with Crippen molar-refractivity contribution in [3.63, 3.8) is 0 Å². The number of carbonyl (C=O) groups excluding carboxylic acids is 2. The predicted octanol–water partition coefficient (Wildman–Crippen LogP) is 4.83. The highest BCUT2D eigenvalue weighted by Crippen LogP contribution is 2.42. The van der Waals surface area contributed by atoms with Crippen LogP contribution in [0.2, 0.25) is 0 Å². The van der Waals surface area contributed by atoms with Gasteiger partial charge in [0.25, 0.3) is 0 Å². The van der Waals surface area contributed by atoms with Gasteiger partial charge in [-0.3, -0.25) is 14.7 Å². The lowest BCUT2D eigenvalue weighted by Gasteiger charge is -2.41. The topological polar surface area (TPSA) is 90.1 Å². The van der Waals surface area contributed by atoms with E-state index in [9.17, 15) is 14.0 Å². The third-order valence-corrected chi connectivity index (χ3v) is 6.49. The largest absolute Gasteiger partial charge is 0.344 e. The van der Waals surface area contributed by atoms with Crippen molar-refractivity contribution in [2.45, 2.75) is 58.4 Å². The molecule has 1 atom stereocenters. The molecule has 0 saturated carbocycles. The summed E-state index contributed by atoms with van der Waals surface area (Å²) in [6.45, 7) is 17.0. The molecule has 7 nitrogen and oxygen atoms in total. The number of anilines is 1. The Balaban J connectivity index is 0.00000235. The molecule has 8 heteroatoms. The fourth-order valence-electron chi connectivity index (χ4n) is 4.59. The average Bonchev–Trinajstić information content (AvgIpc) is 3.32. The lowest BCUT2D eigenvalue weighted by atomic mass is 9.69. The number of amides is 2. The number of aromatic amines is 1. The molecule has 1 fully saturated rings. The second-order valence-corrected chi connectivity index (χ2v) is 9.21. The first-order valence-corrected chi connectivity index (χ1v) is 12.7. The van der Waals surface area contributed by atoms with Crippen LogP contribution in [-0.4, -0.2) is 53.1 Å². The van der Waals surface area contributed by atoms with Crippen molar-refractivity contribution in [2.24, 2.45) is 0 Å². The fraction of sp³-hybridized carbons (Fsp3) is 0.414. The summed E-state index contributed by atoms with van der Waals surface area (Å²) < 4.78 is 13.6. The fourth-order valence-corrected chi connectivity index (χ4v) is 4.59. The van der Waals surface area contributed by atoms with E-state index in [0.29, 0.717) is 11.4 Å². The Labute approximate surface area is 219 Å². The Morgan fingerprint density at radius 3 is 2.49 bits per heavy atom. The van der Waals surface area contributed by atoms with Gasteiger partial charge in [-0.05, 0) is 75.7 Å². The molecule has 2 amide bonds. The number of likely N-dealkylation sites (tertiary alicyclic amines) is 1. The summed E-state index contributed by atoms with van der Waals surface area (Å²) in [6, 6.07) is 5.51. The van der Waals surface area contributed by atoms with E-state index in [1.165, 1.54) is 12.1 Å². The van der Waals surface area contributed by atoms with Gasteiger partial charge in [0.15, 0.2) is 5.82 Å². The molecule has 0 radical (unpaired) electrons. The minimum absolute atomic E-state index is 0.0142. The van der Waals surface area contributed by atoms with Crippen LogP contribution in [0.1, 0.15) is 50.4 Å². The number of aromatic nitrogens is 2. The first-order chi connectivity index (χ1) is 17.7. The lowest BCUT2D eigenvalue weighted by molar-refractivity contribution is -0.125. The van der Waals surface area contributed by atoms with Gasteiger partial charge in [0, 0.05) is 17.2 Å². The molecule has 2 aromatic rings. The van der Waals surface area contributed by atoms with Gasteiger partial charge in [0.2, 0.25) is 11.8 Å². The molecule has 0 aliphatic carbocycles. The second-order valence-electron chi connectivity index (χ2n) is 9.21. The van der Waals surface area contributed by atoms with E-state index in [4.69, 9.17) is 0 Å². The number of halogens is 1. The number of aryl methyl sites for hydroxylation is 1. The zero-order chi connectivity index (χ0) is 27.6. The van der Waals surface area contributed by atoms with Gasteiger partial charge in [0.05, 0.1) is 6.42 Å². The van der Waals surface area contributed by atoms with E-state index in [2.05, 4.69) is 45.9 Å². The van der Waals surface area contributed by atoms with E-state index >= 15 is 0 Å². The molecule has 3 N–H and O–H groups in total. The molecular formula is C29H40FN5O2. The van der Waals surface area contributed by atoms with Crippen molar-refractivity contribution in [2.75, 3.05) is 25.5 Å². The molecule has 1 aromatic heterocycles. The highest BCUT2D eigenvalue weighted by molar-refractivity contribution is 5.96. The number of rotatable bonds is 9. The molecule has 0 spiro atoms. The van der Waals surface area contributed by atoms with Gasteiger partial charge >= 0.3 is 0 Å². The van der Waals surface area contributed by atoms with Crippen LogP contribution in [0.15, 0.2) is 61.2 Å². The monoisotopic (exact) mass is 509 g/mol. The van der Waals surface area contributed by atoms with Crippen molar-refractivity contribution in [3.8, 4) is 0 Å². The Kier molecular flexibility index (Phi) is 11.0. The smallest absolute Gasteiger partial charge is 0.247 e. The quantitative estimate of drug-likeness (QED) is 0.423. The third kappa shape index (κ3) is 7.73. The van der Waals surface area contributed by atoms with E-state index in [1.54, 1.807) is 26.0 Å². The molecule has 2 heterocycles. The Bertz CT molecular complexity index is 1110. The van der Waals surface area contributed by atoms with Gasteiger partial charge in [-0.1, -0.05) is 51.3 Å². The molecule has 0 bridgehead atoms. The lowest BCUT2D eigenvalue weighted by Crippen LogP contribution is -2.42. The number of H-pyrrole nitrogens is 1. The highest BCUT2D eigenvalue weighted by Gasteiger charge is 2.39. The predicted molar refractivity (Wildman–Crippen MR) is 148 cm³/mol. The summed E-state index contributed by atoms with van der Waals surface area (Å²) >= 11 is 0. The second kappa shape index (κ2) is 13.7. The van der Waals surface area contributed by atoms with Gasteiger partial charge in [0.1, 0.15) is 11.9 Å². The van der Waals surface area contributed by atoms with Gasteiger partial charge < -0.3 is 15.5 Å². The molecule has 37 heavy (non-hydrogen) atoms. The molecule has 1 aromatic carbocycles. The van der Waals surface area contributed by atoms with Crippen molar-refractivity contribution in [1.82, 2.24) is 20.4 Å². The van der Waals surface area contributed by atoms with Crippen molar-refractivity contribution in [3.05, 3.63) is 83.9 Å². The summed E-state index contributed by atoms with van der Waals surface area (Å²) in [6.07, 6.45) is 7.30. The van der Waals surface area contributed by atoms with Crippen molar-refractivity contribution < 1.29 is 14.0 Å². The summed E-state index contributed by atoms with van der Waals surface area (Å²) in [4.78, 5) is 27.4.